The first kappa shape index (κ1) is 9.23. The molecule has 0 aliphatic carbocycles. The number of aliphatic hydroxyl groups is 1. The van der Waals surface area contributed by atoms with E-state index in [2.05, 4.69) is 15.9 Å². The van der Waals surface area contributed by atoms with Gasteiger partial charge in [0.2, 0.25) is 0 Å². The average Bonchev–Trinajstić information content (AvgIpc) is 2.28. The van der Waals surface area contributed by atoms with Crippen molar-refractivity contribution in [3.8, 4) is 0 Å². The van der Waals surface area contributed by atoms with Crippen LogP contribution in [-0.2, 0) is 0 Å². The highest BCUT2D eigenvalue weighted by Gasteiger charge is 2.10. The fourth-order valence-corrected chi connectivity index (χ4v) is 2.78. The van der Waals surface area contributed by atoms with Crippen molar-refractivity contribution in [1.29, 1.82) is 0 Å². The summed E-state index contributed by atoms with van der Waals surface area (Å²) in [6.07, 6.45) is 0.488. The molecule has 0 saturated carbocycles. The first-order chi connectivity index (χ1) is 5.15. The van der Waals surface area contributed by atoms with Gasteiger partial charge in [-0.15, -0.1) is 11.3 Å². The van der Waals surface area contributed by atoms with Gasteiger partial charge in [0.05, 0.1) is 9.89 Å². The second kappa shape index (κ2) is 3.70. The van der Waals surface area contributed by atoms with E-state index in [0.29, 0.717) is 0 Å². The zero-order valence-corrected chi connectivity index (χ0v) is 9.00. The molecule has 11 heavy (non-hydrogen) atoms. The molecule has 0 bridgehead atoms. The standard InChI is InChI=1S/C8H11BrOS/c1-3-7(10)6-4-8(9)11-5(6)2/h4,7,10H,3H2,1-2H3/t7-/m1/s1. The van der Waals surface area contributed by atoms with Crippen LogP contribution in [0.25, 0.3) is 0 Å². The number of hydrogen-bond donors (Lipinski definition) is 1. The van der Waals surface area contributed by atoms with Gasteiger partial charge in [-0.2, -0.15) is 0 Å². The van der Waals surface area contributed by atoms with E-state index in [1.807, 2.05) is 19.9 Å². The third kappa shape index (κ3) is 2.04. The van der Waals surface area contributed by atoms with Crippen molar-refractivity contribution >= 4 is 27.3 Å². The summed E-state index contributed by atoms with van der Waals surface area (Å²) in [6, 6.07) is 1.99. The molecule has 0 aliphatic rings. The predicted molar refractivity (Wildman–Crippen MR) is 52.0 cm³/mol. The summed E-state index contributed by atoms with van der Waals surface area (Å²) >= 11 is 5.06. The van der Waals surface area contributed by atoms with E-state index >= 15 is 0 Å². The first-order valence-corrected chi connectivity index (χ1v) is 5.20. The highest BCUT2D eigenvalue weighted by molar-refractivity contribution is 9.11. The van der Waals surface area contributed by atoms with Crippen LogP contribution < -0.4 is 0 Å². The maximum atomic E-state index is 9.51. The molecule has 0 amide bonds. The molecule has 1 aromatic rings. The maximum Gasteiger partial charge on any atom is 0.0798 e. The molecule has 3 heteroatoms. The van der Waals surface area contributed by atoms with Gasteiger partial charge in [0, 0.05) is 4.88 Å². The fraction of sp³-hybridized carbons (Fsp3) is 0.500. The summed E-state index contributed by atoms with van der Waals surface area (Å²) in [7, 11) is 0. The van der Waals surface area contributed by atoms with E-state index in [1.54, 1.807) is 11.3 Å². The van der Waals surface area contributed by atoms with Crippen LogP contribution in [0.3, 0.4) is 0 Å². The lowest BCUT2D eigenvalue weighted by atomic mass is 10.1. The monoisotopic (exact) mass is 234 g/mol. The Hall–Kier alpha value is 0.140. The number of halogens is 1. The van der Waals surface area contributed by atoms with Crippen LogP contribution in [0.15, 0.2) is 9.85 Å². The Bertz CT molecular complexity index is 244. The lowest BCUT2D eigenvalue weighted by Gasteiger charge is -2.05. The van der Waals surface area contributed by atoms with Gasteiger partial charge in [0.25, 0.3) is 0 Å². The smallest absolute Gasteiger partial charge is 0.0798 e. The van der Waals surface area contributed by atoms with Crippen molar-refractivity contribution in [2.75, 3.05) is 0 Å². The van der Waals surface area contributed by atoms with Crippen LogP contribution in [0, 0.1) is 6.92 Å². The Balaban J connectivity index is 2.93. The molecular weight excluding hydrogens is 224 g/mol. The zero-order chi connectivity index (χ0) is 8.43. The Morgan fingerprint density at radius 3 is 2.73 bits per heavy atom. The molecule has 1 N–H and O–H groups in total. The fourth-order valence-electron chi connectivity index (χ4n) is 1.01. The average molecular weight is 235 g/mol. The molecule has 0 unspecified atom stereocenters. The second-order valence-electron chi connectivity index (χ2n) is 2.49. The lowest BCUT2D eigenvalue weighted by Crippen LogP contribution is -1.93. The minimum atomic E-state index is -0.294. The van der Waals surface area contributed by atoms with Crippen molar-refractivity contribution < 1.29 is 5.11 Å². The Morgan fingerprint density at radius 1 is 1.73 bits per heavy atom. The van der Waals surface area contributed by atoms with Crippen LogP contribution >= 0.6 is 27.3 Å². The van der Waals surface area contributed by atoms with Gasteiger partial charge in [-0.3, -0.25) is 0 Å². The topological polar surface area (TPSA) is 20.2 Å². The number of thiophene rings is 1. The molecule has 0 aliphatic heterocycles. The van der Waals surface area contributed by atoms with E-state index in [1.165, 1.54) is 4.88 Å². The van der Waals surface area contributed by atoms with Crippen LogP contribution in [0.4, 0.5) is 0 Å². The summed E-state index contributed by atoms with van der Waals surface area (Å²) < 4.78 is 1.09. The van der Waals surface area contributed by atoms with Crippen LogP contribution in [0.1, 0.15) is 29.9 Å². The van der Waals surface area contributed by atoms with E-state index < -0.39 is 0 Å². The summed E-state index contributed by atoms with van der Waals surface area (Å²) in [5.41, 5.74) is 1.06. The second-order valence-corrected chi connectivity index (χ2v) is 5.12. The van der Waals surface area contributed by atoms with E-state index in [0.717, 1.165) is 15.8 Å². The molecule has 62 valence electrons. The third-order valence-corrected chi connectivity index (χ3v) is 3.24. The van der Waals surface area contributed by atoms with Gasteiger partial charge in [0.15, 0.2) is 0 Å². The van der Waals surface area contributed by atoms with Gasteiger partial charge in [0.1, 0.15) is 0 Å². The highest BCUT2D eigenvalue weighted by Crippen LogP contribution is 2.31. The van der Waals surface area contributed by atoms with Crippen molar-refractivity contribution in [1.82, 2.24) is 0 Å². The maximum absolute atomic E-state index is 9.51. The van der Waals surface area contributed by atoms with Crippen molar-refractivity contribution in [3.05, 3.63) is 20.3 Å². The van der Waals surface area contributed by atoms with Crippen molar-refractivity contribution in [2.45, 2.75) is 26.4 Å². The summed E-state index contributed by atoms with van der Waals surface area (Å²) in [5.74, 6) is 0. The largest absolute Gasteiger partial charge is 0.388 e. The zero-order valence-electron chi connectivity index (χ0n) is 6.60. The minimum absolute atomic E-state index is 0.294. The quantitative estimate of drug-likeness (QED) is 0.834. The molecule has 1 atom stereocenters. The van der Waals surface area contributed by atoms with Gasteiger partial charge < -0.3 is 5.11 Å². The molecular formula is C8H11BrOS. The predicted octanol–water partition coefficient (Wildman–Crippen LogP) is 3.26. The van der Waals surface area contributed by atoms with Gasteiger partial charge in [-0.25, -0.2) is 0 Å². The van der Waals surface area contributed by atoms with Crippen LogP contribution in [-0.4, -0.2) is 5.11 Å². The normalized spacial score (nSPS) is 13.5. The van der Waals surface area contributed by atoms with Crippen LogP contribution in [0.2, 0.25) is 0 Å². The van der Waals surface area contributed by atoms with Gasteiger partial charge in [-0.1, -0.05) is 6.92 Å². The molecule has 0 aromatic carbocycles. The van der Waals surface area contributed by atoms with Crippen molar-refractivity contribution in [2.24, 2.45) is 0 Å². The first-order valence-electron chi connectivity index (χ1n) is 3.59. The van der Waals surface area contributed by atoms with E-state index in [-0.39, 0.29) is 6.10 Å². The summed E-state index contributed by atoms with van der Waals surface area (Å²) in [4.78, 5) is 1.20. The minimum Gasteiger partial charge on any atom is -0.388 e. The number of aliphatic hydroxyl groups excluding tert-OH is 1. The molecule has 0 saturated heterocycles. The van der Waals surface area contributed by atoms with E-state index in [4.69, 9.17) is 0 Å². The summed E-state index contributed by atoms with van der Waals surface area (Å²) in [6.45, 7) is 4.01. The number of aryl methyl sites for hydroxylation is 1. The molecule has 0 fully saturated rings. The number of hydrogen-bond acceptors (Lipinski definition) is 2. The lowest BCUT2D eigenvalue weighted by molar-refractivity contribution is 0.173. The third-order valence-electron chi connectivity index (χ3n) is 1.67. The molecule has 0 radical (unpaired) electrons. The molecule has 1 aromatic heterocycles. The molecule has 1 rings (SSSR count). The molecule has 1 heterocycles. The molecule has 0 spiro atoms. The Labute approximate surface area is 79.2 Å². The van der Waals surface area contributed by atoms with Gasteiger partial charge in [-0.05, 0) is 40.9 Å². The Morgan fingerprint density at radius 2 is 2.36 bits per heavy atom. The van der Waals surface area contributed by atoms with E-state index in [9.17, 15) is 5.11 Å². The van der Waals surface area contributed by atoms with Crippen molar-refractivity contribution in [3.63, 3.8) is 0 Å². The SMILES string of the molecule is CC[C@@H](O)c1cc(Br)sc1C. The van der Waals surface area contributed by atoms with Crippen LogP contribution in [0.5, 0.6) is 0 Å². The van der Waals surface area contributed by atoms with Gasteiger partial charge >= 0.3 is 0 Å². The summed E-state index contributed by atoms with van der Waals surface area (Å²) in [5, 5.41) is 9.51. The Kier molecular flexibility index (Phi) is 3.10. The number of rotatable bonds is 2. The molecule has 1 nitrogen and oxygen atoms in total. The highest BCUT2D eigenvalue weighted by atomic mass is 79.9.